The van der Waals surface area contributed by atoms with E-state index in [4.69, 9.17) is 10.6 Å². The molecule has 0 unspecified atom stereocenters. The maximum absolute atomic E-state index is 8.58. The van der Waals surface area contributed by atoms with Gasteiger partial charge in [-0.15, -0.1) is 0 Å². The summed E-state index contributed by atoms with van der Waals surface area (Å²) in [5.74, 6) is 5.55. The van der Waals surface area contributed by atoms with Crippen LogP contribution in [0.5, 0.6) is 0 Å². The number of nitrogens with zero attached hydrogens (tertiary/aromatic N) is 2. The Morgan fingerprint density at radius 1 is 1.04 bits per heavy atom. The Hall–Kier alpha value is -2.69. The van der Waals surface area contributed by atoms with Gasteiger partial charge in [-0.1, -0.05) is 68.5 Å². The van der Waals surface area contributed by atoms with Gasteiger partial charge in [0.2, 0.25) is 6.41 Å². The van der Waals surface area contributed by atoms with E-state index < -0.39 is 0 Å². The average molecular weight is 354 g/mol. The van der Waals surface area contributed by atoms with Gasteiger partial charge in [-0.05, 0) is 30.2 Å². The van der Waals surface area contributed by atoms with Gasteiger partial charge < -0.3 is 11.6 Å². The Balaban J connectivity index is 0.00000105. The number of rotatable bonds is 8. The van der Waals surface area contributed by atoms with Crippen molar-refractivity contribution in [2.24, 2.45) is 21.7 Å². The number of amides is 1. The molecule has 26 heavy (non-hydrogen) atoms. The van der Waals surface area contributed by atoms with Crippen molar-refractivity contribution in [2.45, 2.75) is 46.0 Å². The number of aryl methyl sites for hydroxylation is 1. The first-order valence-corrected chi connectivity index (χ1v) is 9.10. The zero-order chi connectivity index (χ0) is 19.2. The predicted molar refractivity (Wildman–Crippen MR) is 112 cm³/mol. The number of benzene rings is 2. The molecular formula is C21H30N4O. The first-order chi connectivity index (χ1) is 12.7. The molecule has 0 aromatic heterocycles. The Morgan fingerprint density at radius 3 is 2.38 bits per heavy atom. The molecule has 0 aliphatic carbocycles. The van der Waals surface area contributed by atoms with Crippen LogP contribution >= 0.6 is 0 Å². The van der Waals surface area contributed by atoms with E-state index in [2.05, 4.69) is 66.1 Å². The molecule has 0 radical (unpaired) electrons. The fourth-order valence-corrected chi connectivity index (χ4v) is 2.66. The maximum atomic E-state index is 8.58. The summed E-state index contributed by atoms with van der Waals surface area (Å²) in [6.07, 6.45) is 8.31. The first-order valence-electron chi connectivity index (χ1n) is 9.10. The monoisotopic (exact) mass is 354 g/mol. The molecule has 0 aliphatic rings. The number of hydrogen-bond donors (Lipinski definition) is 2. The lowest BCUT2D eigenvalue weighted by Gasteiger charge is -2.04. The molecule has 0 aliphatic heterocycles. The van der Waals surface area contributed by atoms with Gasteiger partial charge in [-0.3, -0.25) is 9.79 Å². The third kappa shape index (κ3) is 7.47. The molecular weight excluding hydrogens is 324 g/mol. The molecule has 0 saturated carbocycles. The van der Waals surface area contributed by atoms with E-state index in [0.29, 0.717) is 0 Å². The van der Waals surface area contributed by atoms with E-state index in [-0.39, 0.29) is 6.41 Å². The lowest BCUT2D eigenvalue weighted by molar-refractivity contribution is -0.106. The molecule has 5 heteroatoms. The van der Waals surface area contributed by atoms with Crippen LogP contribution in [0, 0.1) is 6.92 Å². The summed E-state index contributed by atoms with van der Waals surface area (Å²) in [7, 11) is 0. The highest BCUT2D eigenvalue weighted by Gasteiger charge is 2.02. The highest BCUT2D eigenvalue weighted by molar-refractivity contribution is 6.38. The second-order valence-electron chi connectivity index (χ2n) is 6.17. The molecule has 4 N–H and O–H groups in total. The highest BCUT2D eigenvalue weighted by Crippen LogP contribution is 2.18. The number of carbonyl (C=O) groups excluding carboxylic acids is 1. The van der Waals surface area contributed by atoms with E-state index in [1.807, 2.05) is 0 Å². The Labute approximate surface area is 156 Å². The zero-order valence-corrected chi connectivity index (χ0v) is 15.8. The van der Waals surface area contributed by atoms with Crippen molar-refractivity contribution in [3.8, 4) is 0 Å². The average Bonchev–Trinajstić information content (AvgIpc) is 2.64. The molecule has 0 saturated heterocycles. The van der Waals surface area contributed by atoms with Gasteiger partial charge in [0.15, 0.2) is 0 Å². The van der Waals surface area contributed by atoms with E-state index >= 15 is 0 Å². The van der Waals surface area contributed by atoms with Crippen LogP contribution in [0.3, 0.4) is 0 Å². The summed E-state index contributed by atoms with van der Waals surface area (Å²) in [5.41, 5.74) is 7.18. The number of primary amides is 1. The van der Waals surface area contributed by atoms with Crippen LogP contribution in [0.1, 0.15) is 50.2 Å². The van der Waals surface area contributed by atoms with Gasteiger partial charge in [0, 0.05) is 18.3 Å². The largest absolute Gasteiger partial charge is 0.372 e. The van der Waals surface area contributed by atoms with Crippen LogP contribution in [-0.4, -0.2) is 24.9 Å². The van der Waals surface area contributed by atoms with Crippen molar-refractivity contribution >= 4 is 29.1 Å². The fraction of sp³-hybridized carbons (Fsp3) is 0.381. The Bertz CT molecular complexity index is 738. The van der Waals surface area contributed by atoms with Gasteiger partial charge in [0.1, 0.15) is 5.71 Å². The fourth-order valence-electron chi connectivity index (χ4n) is 2.66. The van der Waals surface area contributed by atoms with Crippen molar-refractivity contribution in [1.29, 1.82) is 0 Å². The van der Waals surface area contributed by atoms with E-state index in [1.165, 1.54) is 42.0 Å². The quantitative estimate of drug-likeness (QED) is 0.247. The van der Waals surface area contributed by atoms with E-state index in [0.717, 1.165) is 24.2 Å². The normalized spacial score (nSPS) is 11.4. The van der Waals surface area contributed by atoms with Crippen LogP contribution < -0.4 is 11.6 Å². The van der Waals surface area contributed by atoms with Gasteiger partial charge >= 0.3 is 0 Å². The molecule has 1 amide bonds. The zero-order valence-electron chi connectivity index (χ0n) is 15.8. The van der Waals surface area contributed by atoms with Crippen molar-refractivity contribution in [2.75, 3.05) is 6.54 Å². The summed E-state index contributed by atoms with van der Waals surface area (Å²) in [6, 6.07) is 12.7. The number of carbonyl (C=O) groups is 1. The minimum Gasteiger partial charge on any atom is -0.372 e. The lowest BCUT2D eigenvalue weighted by atomic mass is 10.0. The summed E-state index contributed by atoms with van der Waals surface area (Å²) in [6.45, 7) is 5.18. The number of hydrazone groups is 1. The molecule has 5 nitrogen and oxygen atoms in total. The molecule has 2 aromatic carbocycles. The summed E-state index contributed by atoms with van der Waals surface area (Å²) in [4.78, 5) is 13.1. The predicted octanol–water partition coefficient (Wildman–Crippen LogP) is 3.95. The van der Waals surface area contributed by atoms with Crippen molar-refractivity contribution in [3.63, 3.8) is 0 Å². The van der Waals surface area contributed by atoms with Crippen molar-refractivity contribution < 1.29 is 4.79 Å². The minimum absolute atomic E-state index is 0.250. The van der Waals surface area contributed by atoms with Crippen molar-refractivity contribution in [1.82, 2.24) is 0 Å². The lowest BCUT2D eigenvalue weighted by Crippen LogP contribution is -2.06. The summed E-state index contributed by atoms with van der Waals surface area (Å²) >= 11 is 0. The third-order valence-corrected chi connectivity index (χ3v) is 4.03. The number of hydrogen-bond acceptors (Lipinski definition) is 4. The number of aliphatic imine (C=N–C) groups is 1. The van der Waals surface area contributed by atoms with Crippen LogP contribution in [0.2, 0.25) is 0 Å². The molecule has 2 aromatic rings. The van der Waals surface area contributed by atoms with E-state index in [1.54, 1.807) is 6.21 Å². The van der Waals surface area contributed by atoms with Crippen LogP contribution in [0.4, 0.5) is 0 Å². The molecule has 2 rings (SSSR count). The Morgan fingerprint density at radius 2 is 1.69 bits per heavy atom. The van der Waals surface area contributed by atoms with Gasteiger partial charge in [-0.2, -0.15) is 5.10 Å². The maximum Gasteiger partial charge on any atom is 0.204 e. The molecule has 0 heterocycles. The molecule has 140 valence electrons. The Kier molecular flexibility index (Phi) is 10.4. The smallest absolute Gasteiger partial charge is 0.204 e. The molecule has 0 fully saturated rings. The highest BCUT2D eigenvalue weighted by atomic mass is 16.1. The second kappa shape index (κ2) is 12.6. The molecule has 0 spiro atoms. The molecule has 0 bridgehead atoms. The standard InChI is InChI=1S/C20H27N3.CH3NO/c1-3-4-5-6-7-12-22-15-20(23-21)19-11-10-17-13-16(2)8-9-18(17)14-19;2-1-3/h8-11,13-15H,3-7,12,21H2,1-2H3;1H,(H2,2,3)/b22-15?,23-20+;. The SMILES string of the molecule is CCCCCCCN=C/C(=N\N)c1ccc2cc(C)ccc2c1.NC=O. The van der Waals surface area contributed by atoms with Crippen LogP contribution in [0.15, 0.2) is 46.5 Å². The first kappa shape index (κ1) is 21.4. The van der Waals surface area contributed by atoms with Gasteiger partial charge in [0.05, 0.1) is 0 Å². The minimum atomic E-state index is 0.250. The second-order valence-corrected chi connectivity index (χ2v) is 6.17. The molecule has 0 atom stereocenters. The third-order valence-electron chi connectivity index (χ3n) is 4.03. The van der Waals surface area contributed by atoms with Crippen molar-refractivity contribution in [3.05, 3.63) is 47.5 Å². The van der Waals surface area contributed by atoms with Crippen LogP contribution in [-0.2, 0) is 4.79 Å². The number of unbranched alkanes of at least 4 members (excludes halogenated alkanes) is 4. The number of fused-ring (bicyclic) bond motifs is 1. The van der Waals surface area contributed by atoms with Gasteiger partial charge in [-0.25, -0.2) is 0 Å². The van der Waals surface area contributed by atoms with Crippen LogP contribution in [0.25, 0.3) is 10.8 Å². The van der Waals surface area contributed by atoms with E-state index in [9.17, 15) is 0 Å². The summed E-state index contributed by atoms with van der Waals surface area (Å²) < 4.78 is 0. The van der Waals surface area contributed by atoms with Gasteiger partial charge in [0.25, 0.3) is 0 Å². The topological polar surface area (TPSA) is 93.8 Å². The number of nitrogens with two attached hydrogens (primary N) is 2. The summed E-state index contributed by atoms with van der Waals surface area (Å²) in [5, 5.41) is 6.33.